The second kappa shape index (κ2) is 6.30. The fourth-order valence-corrected chi connectivity index (χ4v) is 2.60. The predicted octanol–water partition coefficient (Wildman–Crippen LogP) is -4.80. The van der Waals surface area contributed by atoms with Crippen molar-refractivity contribution in [1.82, 2.24) is 0 Å². The minimum absolute atomic E-state index is 0.718. The van der Waals surface area contributed by atoms with E-state index >= 15 is 0 Å². The maximum Gasteiger partial charge on any atom is 0.370 e. The number of carboxylic acid groups (broad SMARTS) is 1. The smallest absolute Gasteiger partial charge is 0.370 e. The molecule has 8 atom stereocenters. The summed E-state index contributed by atoms with van der Waals surface area (Å²) in [6.07, 6.45) is -9.59. The van der Waals surface area contributed by atoms with E-state index in [0.717, 1.165) is 6.08 Å². The number of aliphatic hydroxyl groups excluding tert-OH is 5. The van der Waals surface area contributed by atoms with E-state index in [1.54, 1.807) is 0 Å². The van der Waals surface area contributed by atoms with Gasteiger partial charge in [-0.1, -0.05) is 0 Å². The molecule has 9 N–H and O–H groups in total. The Balaban J connectivity index is 2.37. The molecular formula is C12H19NO10. The molecule has 23 heavy (non-hydrogen) atoms. The van der Waals surface area contributed by atoms with Gasteiger partial charge < -0.3 is 51.0 Å². The minimum atomic E-state index is -2.68. The second-order valence-electron chi connectivity index (χ2n) is 5.45. The maximum atomic E-state index is 11.0. The summed E-state index contributed by atoms with van der Waals surface area (Å²) >= 11 is 0. The first-order chi connectivity index (χ1) is 10.6. The molecule has 2 rings (SSSR count). The molecule has 0 aromatic rings. The summed E-state index contributed by atoms with van der Waals surface area (Å²) in [7, 11) is 0. The number of carbonyl (C=O) groups is 1. The van der Waals surface area contributed by atoms with Crippen molar-refractivity contribution in [3.05, 3.63) is 11.8 Å². The highest BCUT2D eigenvalue weighted by atomic mass is 16.7. The molecule has 0 aliphatic carbocycles. The monoisotopic (exact) mass is 337 g/mol. The predicted molar refractivity (Wildman–Crippen MR) is 69.5 cm³/mol. The molecule has 11 heteroatoms. The number of carboxylic acids is 1. The van der Waals surface area contributed by atoms with Crippen LogP contribution in [0, 0.1) is 0 Å². The Labute approximate surface area is 129 Å². The number of ether oxygens (including phenoxy) is 2. The number of aliphatic carboxylic acids is 1. The Morgan fingerprint density at radius 1 is 1.22 bits per heavy atom. The molecule has 0 bridgehead atoms. The fourth-order valence-electron chi connectivity index (χ4n) is 2.60. The average Bonchev–Trinajstić information content (AvgIpc) is 2.51. The highest BCUT2D eigenvalue weighted by Gasteiger charge is 2.60. The quantitative estimate of drug-likeness (QED) is 0.245. The zero-order valence-corrected chi connectivity index (χ0v) is 11.8. The van der Waals surface area contributed by atoms with E-state index < -0.39 is 66.8 Å². The van der Waals surface area contributed by atoms with Crippen LogP contribution in [-0.4, -0.2) is 96.8 Å². The minimum Gasteiger partial charge on any atom is -0.475 e. The van der Waals surface area contributed by atoms with Gasteiger partial charge >= 0.3 is 5.97 Å². The third kappa shape index (κ3) is 2.93. The van der Waals surface area contributed by atoms with Crippen molar-refractivity contribution >= 4 is 5.97 Å². The largest absolute Gasteiger partial charge is 0.475 e. The van der Waals surface area contributed by atoms with E-state index in [2.05, 4.69) is 0 Å². The van der Waals surface area contributed by atoms with Gasteiger partial charge in [0, 0.05) is 0 Å². The molecule has 0 saturated carbocycles. The molecule has 0 aromatic carbocycles. The van der Waals surface area contributed by atoms with Gasteiger partial charge in [-0.15, -0.1) is 0 Å². The number of nitrogens with two attached hydrogens (primary N) is 1. The molecule has 2 unspecified atom stereocenters. The van der Waals surface area contributed by atoms with Crippen LogP contribution in [0.3, 0.4) is 0 Å². The molecule has 2 aliphatic heterocycles. The normalized spacial score (nSPS) is 47.6. The lowest BCUT2D eigenvalue weighted by Crippen LogP contribution is -2.75. The van der Waals surface area contributed by atoms with Crippen molar-refractivity contribution in [3.63, 3.8) is 0 Å². The van der Waals surface area contributed by atoms with E-state index in [9.17, 15) is 30.3 Å². The first-order valence-electron chi connectivity index (χ1n) is 6.74. The Morgan fingerprint density at radius 3 is 2.35 bits per heavy atom. The van der Waals surface area contributed by atoms with Gasteiger partial charge in [0.15, 0.2) is 6.10 Å². The van der Waals surface area contributed by atoms with Crippen LogP contribution in [0.1, 0.15) is 0 Å². The Kier molecular flexibility index (Phi) is 4.94. The second-order valence-corrected chi connectivity index (χ2v) is 5.45. The van der Waals surface area contributed by atoms with Gasteiger partial charge in [-0.25, -0.2) is 4.79 Å². The maximum absolute atomic E-state index is 11.0. The highest BCUT2D eigenvalue weighted by molar-refractivity contribution is 5.84. The van der Waals surface area contributed by atoms with E-state index in [4.69, 9.17) is 25.4 Å². The van der Waals surface area contributed by atoms with E-state index in [1.165, 1.54) is 0 Å². The zero-order chi connectivity index (χ0) is 17.5. The van der Waals surface area contributed by atoms with Crippen LogP contribution in [0.4, 0.5) is 0 Å². The van der Waals surface area contributed by atoms with Gasteiger partial charge in [0.1, 0.15) is 30.5 Å². The van der Waals surface area contributed by atoms with Gasteiger partial charge in [0.2, 0.25) is 11.5 Å². The van der Waals surface area contributed by atoms with E-state index in [-0.39, 0.29) is 0 Å². The fraction of sp³-hybridized carbons (Fsp3) is 0.750. The van der Waals surface area contributed by atoms with Crippen molar-refractivity contribution in [1.29, 1.82) is 0 Å². The Bertz CT molecular complexity index is 496. The van der Waals surface area contributed by atoms with Gasteiger partial charge in [-0.05, 0) is 6.08 Å². The van der Waals surface area contributed by atoms with E-state index in [1.807, 2.05) is 0 Å². The summed E-state index contributed by atoms with van der Waals surface area (Å²) in [5.74, 6) is -5.02. The summed E-state index contributed by atoms with van der Waals surface area (Å²) in [4.78, 5) is 11.0. The van der Waals surface area contributed by atoms with Gasteiger partial charge in [-0.2, -0.15) is 0 Å². The van der Waals surface area contributed by atoms with Crippen molar-refractivity contribution in [2.45, 2.75) is 48.5 Å². The van der Waals surface area contributed by atoms with Crippen LogP contribution in [0.2, 0.25) is 0 Å². The number of rotatable bonds is 3. The van der Waals surface area contributed by atoms with E-state index in [0.29, 0.717) is 0 Å². The summed E-state index contributed by atoms with van der Waals surface area (Å²) in [6, 6.07) is -1.72. The number of aliphatic hydroxyl groups is 6. The molecule has 0 aromatic heterocycles. The SMILES string of the molecule is N[C@@H]1[C@@H](O)[C@H](O)[C@@H](CO)OC1(O)C1OC(C(=O)O)=C[C@H](O)[C@H]1O. The summed E-state index contributed by atoms with van der Waals surface area (Å²) < 4.78 is 10.0. The average molecular weight is 337 g/mol. The number of hydrogen-bond acceptors (Lipinski definition) is 10. The molecule has 2 aliphatic rings. The molecule has 11 nitrogen and oxygen atoms in total. The molecule has 0 radical (unpaired) electrons. The Morgan fingerprint density at radius 2 is 1.83 bits per heavy atom. The highest BCUT2D eigenvalue weighted by Crippen LogP contribution is 2.36. The Hall–Kier alpha value is -1.31. The molecule has 2 heterocycles. The van der Waals surface area contributed by atoms with Crippen molar-refractivity contribution in [3.8, 4) is 0 Å². The van der Waals surface area contributed by atoms with Crippen LogP contribution in [0.25, 0.3) is 0 Å². The number of hydrogen-bond donors (Lipinski definition) is 8. The summed E-state index contributed by atoms with van der Waals surface area (Å²) in [5.41, 5.74) is 5.62. The third-order valence-corrected chi connectivity index (χ3v) is 3.95. The lowest BCUT2D eigenvalue weighted by Gasteiger charge is -2.50. The lowest BCUT2D eigenvalue weighted by atomic mass is 9.84. The van der Waals surface area contributed by atoms with Gasteiger partial charge in [0.05, 0.1) is 12.6 Å². The van der Waals surface area contributed by atoms with Gasteiger partial charge in [0.25, 0.3) is 0 Å². The summed E-state index contributed by atoms with van der Waals surface area (Å²) in [5, 5.41) is 67.9. The van der Waals surface area contributed by atoms with Gasteiger partial charge in [-0.3, -0.25) is 0 Å². The van der Waals surface area contributed by atoms with Crippen LogP contribution in [-0.2, 0) is 14.3 Å². The standard InChI is InChI=1S/C12H19NO10/c13-9-8(18)7(17)5(2-14)23-12(9,21)10-6(16)3(15)1-4(22-10)11(19)20/h1,3,5-10,14-18,21H,2,13H2,(H,19,20)/t3-,5+,6+,7+,8-,9+,10?,12?/m0/s1. The lowest BCUT2D eigenvalue weighted by molar-refractivity contribution is -0.359. The zero-order valence-electron chi connectivity index (χ0n) is 11.8. The topological polar surface area (TPSA) is 203 Å². The molecular weight excluding hydrogens is 318 g/mol. The molecule has 132 valence electrons. The third-order valence-electron chi connectivity index (χ3n) is 3.95. The van der Waals surface area contributed by atoms with Crippen molar-refractivity contribution in [2.24, 2.45) is 5.73 Å². The van der Waals surface area contributed by atoms with Crippen LogP contribution < -0.4 is 5.73 Å². The van der Waals surface area contributed by atoms with Crippen LogP contribution in [0.5, 0.6) is 0 Å². The van der Waals surface area contributed by atoms with Crippen molar-refractivity contribution < 1.29 is 50.0 Å². The van der Waals surface area contributed by atoms with Crippen molar-refractivity contribution in [2.75, 3.05) is 6.61 Å². The molecule has 0 spiro atoms. The summed E-state index contributed by atoms with van der Waals surface area (Å²) in [6.45, 7) is -0.805. The molecule has 1 saturated heterocycles. The first kappa shape index (κ1) is 18.0. The first-order valence-corrected chi connectivity index (χ1v) is 6.74. The van der Waals surface area contributed by atoms with Crippen LogP contribution >= 0.6 is 0 Å². The van der Waals surface area contributed by atoms with Crippen LogP contribution in [0.15, 0.2) is 11.8 Å². The molecule has 1 fully saturated rings. The molecule has 0 amide bonds.